The highest BCUT2D eigenvalue weighted by Gasteiger charge is 2.38. The molecule has 4 rings (SSSR count). The molecule has 2 atom stereocenters. The second-order valence-electron chi connectivity index (χ2n) is 15.3. The number of fused-ring (bicyclic) bond motifs is 1. The highest BCUT2D eigenvalue weighted by molar-refractivity contribution is 5.88. The molecule has 60 heavy (non-hydrogen) atoms. The number of pyridine rings is 1. The Bertz CT molecular complexity index is 1670. The molecule has 0 saturated carbocycles. The van der Waals surface area contributed by atoms with E-state index in [-0.39, 0.29) is 11.6 Å². The fourth-order valence-corrected chi connectivity index (χ4v) is 6.36. The van der Waals surface area contributed by atoms with Gasteiger partial charge in [0, 0.05) is 29.7 Å². The number of hydrogen-bond acceptors (Lipinski definition) is 11. The molecule has 334 valence electrons. The van der Waals surface area contributed by atoms with E-state index in [2.05, 4.69) is 53.5 Å². The van der Waals surface area contributed by atoms with Crippen molar-refractivity contribution < 1.29 is 47.4 Å². The molecule has 0 aliphatic carbocycles. The van der Waals surface area contributed by atoms with E-state index in [0.717, 1.165) is 101 Å². The van der Waals surface area contributed by atoms with E-state index in [0.29, 0.717) is 92.9 Å². The summed E-state index contributed by atoms with van der Waals surface area (Å²) in [7, 11) is 0. The third-order valence-electron chi connectivity index (χ3n) is 10.1. The van der Waals surface area contributed by atoms with Crippen LogP contribution in [0.5, 0.6) is 46.1 Å². The SMILES string of the molecule is CCCCOc1cc(OCCCC)c2c(c1)OC(c1cc(OCCCC)c(OCCCC)c(OCCCC)c1)C(OC(=O)c1ccc(OCCCC)c(OCCCC)n1)C2. The number of benzene rings is 2. The average molecular weight is 836 g/mol. The molecule has 0 fully saturated rings. The molecule has 0 saturated heterocycles. The van der Waals surface area contributed by atoms with Gasteiger partial charge in [-0.25, -0.2) is 9.78 Å². The van der Waals surface area contributed by atoms with Crippen LogP contribution >= 0.6 is 0 Å². The van der Waals surface area contributed by atoms with Gasteiger partial charge in [0.05, 0.1) is 46.2 Å². The van der Waals surface area contributed by atoms with Crippen LogP contribution in [0.25, 0.3) is 0 Å². The number of carbonyl (C=O) groups excluding carboxylic acids is 1. The summed E-state index contributed by atoms with van der Waals surface area (Å²) in [4.78, 5) is 18.9. The molecule has 3 aromatic rings. The van der Waals surface area contributed by atoms with Crippen molar-refractivity contribution in [3.63, 3.8) is 0 Å². The van der Waals surface area contributed by atoms with Gasteiger partial charge < -0.3 is 42.6 Å². The second-order valence-corrected chi connectivity index (χ2v) is 15.3. The van der Waals surface area contributed by atoms with Crippen LogP contribution in [0.1, 0.15) is 166 Å². The Balaban J connectivity index is 1.83. The van der Waals surface area contributed by atoms with Gasteiger partial charge in [0.25, 0.3) is 5.88 Å². The first-order chi connectivity index (χ1) is 29.4. The van der Waals surface area contributed by atoms with Crippen molar-refractivity contribution in [1.82, 2.24) is 4.98 Å². The van der Waals surface area contributed by atoms with Crippen molar-refractivity contribution in [3.8, 4) is 46.1 Å². The summed E-state index contributed by atoms with van der Waals surface area (Å²) >= 11 is 0. The number of aromatic nitrogens is 1. The van der Waals surface area contributed by atoms with Gasteiger partial charge in [-0.3, -0.25) is 0 Å². The minimum atomic E-state index is -0.795. The molecule has 2 aromatic carbocycles. The van der Waals surface area contributed by atoms with Crippen molar-refractivity contribution in [3.05, 3.63) is 53.2 Å². The van der Waals surface area contributed by atoms with Crippen molar-refractivity contribution in [2.75, 3.05) is 46.2 Å². The number of esters is 1. The molecule has 0 bridgehead atoms. The predicted octanol–water partition coefficient (Wildman–Crippen LogP) is 12.2. The molecular weight excluding hydrogens is 763 g/mol. The lowest BCUT2D eigenvalue weighted by atomic mass is 9.93. The van der Waals surface area contributed by atoms with Crippen molar-refractivity contribution >= 4 is 5.97 Å². The first kappa shape index (κ1) is 48.1. The largest absolute Gasteiger partial charge is 0.493 e. The minimum absolute atomic E-state index is 0.111. The van der Waals surface area contributed by atoms with E-state index >= 15 is 0 Å². The molecule has 11 heteroatoms. The third kappa shape index (κ3) is 14.9. The normalized spacial score (nSPS) is 14.4. The van der Waals surface area contributed by atoms with Gasteiger partial charge in [-0.2, -0.15) is 0 Å². The quantitative estimate of drug-likeness (QED) is 0.0456. The van der Waals surface area contributed by atoms with Crippen LogP contribution in [-0.4, -0.2) is 63.3 Å². The highest BCUT2D eigenvalue weighted by Crippen LogP contribution is 2.47. The first-order valence-electron chi connectivity index (χ1n) is 23.0. The number of ether oxygens (including phenoxy) is 9. The zero-order valence-electron chi connectivity index (χ0n) is 37.7. The molecule has 0 radical (unpaired) electrons. The van der Waals surface area contributed by atoms with Crippen LogP contribution in [0.2, 0.25) is 0 Å². The molecule has 1 aliphatic heterocycles. The van der Waals surface area contributed by atoms with Crippen LogP contribution in [0, 0.1) is 0 Å². The molecule has 11 nitrogen and oxygen atoms in total. The Kier molecular flexibility index (Phi) is 21.9. The van der Waals surface area contributed by atoms with Gasteiger partial charge >= 0.3 is 5.97 Å². The zero-order chi connectivity index (χ0) is 43.0. The molecule has 2 heterocycles. The number of hydrogen-bond donors (Lipinski definition) is 0. The van der Waals surface area contributed by atoms with Gasteiger partial charge in [-0.15, -0.1) is 0 Å². The van der Waals surface area contributed by atoms with E-state index < -0.39 is 18.2 Å². The summed E-state index contributed by atoms with van der Waals surface area (Å²) < 4.78 is 57.4. The van der Waals surface area contributed by atoms with E-state index in [1.165, 1.54) is 0 Å². The highest BCUT2D eigenvalue weighted by atomic mass is 16.6. The van der Waals surface area contributed by atoms with Gasteiger partial charge in [-0.05, 0) is 69.2 Å². The summed E-state index contributed by atoms with van der Waals surface area (Å²) in [5, 5.41) is 0. The van der Waals surface area contributed by atoms with Gasteiger partial charge in [0.2, 0.25) is 5.75 Å². The zero-order valence-corrected chi connectivity index (χ0v) is 37.7. The van der Waals surface area contributed by atoms with Gasteiger partial charge in [0.1, 0.15) is 23.4 Å². The van der Waals surface area contributed by atoms with E-state index in [4.69, 9.17) is 42.6 Å². The van der Waals surface area contributed by atoms with Crippen LogP contribution in [0.15, 0.2) is 36.4 Å². The Labute approximate surface area is 360 Å². The number of nitrogens with zero attached hydrogens (tertiary/aromatic N) is 1. The first-order valence-corrected chi connectivity index (χ1v) is 23.0. The van der Waals surface area contributed by atoms with Gasteiger partial charge in [-0.1, -0.05) is 93.4 Å². The summed E-state index contributed by atoms with van der Waals surface area (Å²) in [6.45, 7) is 18.5. The molecule has 1 aromatic heterocycles. The van der Waals surface area contributed by atoms with Gasteiger partial charge in [0.15, 0.2) is 29.0 Å². The minimum Gasteiger partial charge on any atom is -0.493 e. The summed E-state index contributed by atoms with van der Waals surface area (Å²) in [5.74, 6) is 3.80. The maximum atomic E-state index is 14.3. The van der Waals surface area contributed by atoms with E-state index in [1.807, 2.05) is 24.3 Å². The monoisotopic (exact) mass is 836 g/mol. The smallest absolute Gasteiger partial charge is 0.357 e. The van der Waals surface area contributed by atoms with E-state index in [1.54, 1.807) is 12.1 Å². The van der Waals surface area contributed by atoms with Crippen LogP contribution in [0.4, 0.5) is 0 Å². The van der Waals surface area contributed by atoms with Crippen LogP contribution in [-0.2, 0) is 11.2 Å². The Morgan fingerprint density at radius 2 is 1.05 bits per heavy atom. The standard InChI is InChI=1S/C49H73NO10/c1-8-15-24-52-37-33-41(54-26-17-10-3)38-35-45(60-49(51)39-22-23-40(53-25-16-9-2)48(50-39)58-30-21-14-7)46(59-42(38)34-37)36-31-43(55-27-18-11-4)47(57-29-20-13-6)44(32-36)56-28-19-12-5/h22-23,31-34,45-46H,8-21,24-30,35H2,1-7H3. The summed E-state index contributed by atoms with van der Waals surface area (Å²) in [5.41, 5.74) is 1.64. The predicted molar refractivity (Wildman–Crippen MR) is 236 cm³/mol. The maximum Gasteiger partial charge on any atom is 0.357 e. The molecule has 1 aliphatic rings. The Morgan fingerprint density at radius 1 is 0.567 bits per heavy atom. The fourth-order valence-electron chi connectivity index (χ4n) is 6.36. The van der Waals surface area contributed by atoms with Crippen molar-refractivity contribution in [2.45, 2.75) is 157 Å². The fraction of sp³-hybridized carbons (Fsp3) is 0.633. The Hall–Kier alpha value is -4.54. The van der Waals surface area contributed by atoms with Crippen LogP contribution < -0.4 is 37.9 Å². The van der Waals surface area contributed by atoms with Crippen LogP contribution in [0.3, 0.4) is 0 Å². The number of unbranched alkanes of at least 4 members (excludes halogenated alkanes) is 7. The second kappa shape index (κ2) is 27.3. The number of rotatable bonds is 31. The molecular formula is C49H73NO10. The third-order valence-corrected chi connectivity index (χ3v) is 10.1. The molecule has 0 spiro atoms. The van der Waals surface area contributed by atoms with Crippen molar-refractivity contribution in [1.29, 1.82) is 0 Å². The molecule has 0 amide bonds. The Morgan fingerprint density at radius 3 is 1.60 bits per heavy atom. The summed E-state index contributed by atoms with van der Waals surface area (Å²) in [6, 6.07) is 11.1. The summed E-state index contributed by atoms with van der Waals surface area (Å²) in [6.07, 6.45) is 11.8. The van der Waals surface area contributed by atoms with E-state index in [9.17, 15) is 4.79 Å². The molecule has 2 unspecified atom stereocenters. The molecule has 0 N–H and O–H groups in total. The lowest BCUT2D eigenvalue weighted by molar-refractivity contribution is -0.0195. The average Bonchev–Trinajstić information content (AvgIpc) is 3.25. The number of carbonyl (C=O) groups is 1. The topological polar surface area (TPSA) is 113 Å². The lowest BCUT2D eigenvalue weighted by Crippen LogP contribution is -2.35. The maximum absolute atomic E-state index is 14.3. The van der Waals surface area contributed by atoms with Crippen molar-refractivity contribution in [2.24, 2.45) is 0 Å². The lowest BCUT2D eigenvalue weighted by Gasteiger charge is -2.35.